The second kappa shape index (κ2) is 4.70. The zero-order chi connectivity index (χ0) is 15.2. The smallest absolute Gasteiger partial charge is 0.339 e. The zero-order valence-electron chi connectivity index (χ0n) is 12.1. The Labute approximate surface area is 121 Å². The predicted octanol–water partition coefficient (Wildman–Crippen LogP) is 1.30. The fourth-order valence-electron chi connectivity index (χ4n) is 2.77. The molecule has 0 atom stereocenters. The average molecular weight is 290 g/mol. The number of hydrogen-bond donors (Lipinski definition) is 3. The van der Waals surface area contributed by atoms with E-state index in [1.54, 1.807) is 11.7 Å². The maximum absolute atomic E-state index is 11.4. The van der Waals surface area contributed by atoms with Crippen molar-refractivity contribution in [2.45, 2.75) is 31.8 Å². The van der Waals surface area contributed by atoms with E-state index < -0.39 is 11.6 Å². The molecular weight excluding hydrogens is 272 g/mol. The van der Waals surface area contributed by atoms with Gasteiger partial charge < -0.3 is 15.5 Å². The van der Waals surface area contributed by atoms with Crippen molar-refractivity contribution in [3.05, 3.63) is 17.5 Å². The Hall–Kier alpha value is -2.15. The monoisotopic (exact) mass is 290 g/mol. The normalized spacial score (nSPS) is 16.7. The van der Waals surface area contributed by atoms with E-state index in [0.29, 0.717) is 29.0 Å². The maximum atomic E-state index is 11.4. The third-order valence-corrected chi connectivity index (χ3v) is 4.14. The number of aromatic carboxylic acids is 1. The molecule has 2 heterocycles. The lowest BCUT2D eigenvalue weighted by atomic mass is 9.80. The Morgan fingerprint density at radius 3 is 2.81 bits per heavy atom. The second-order valence-corrected chi connectivity index (χ2v) is 5.69. The van der Waals surface area contributed by atoms with Gasteiger partial charge in [0.2, 0.25) is 0 Å². The molecule has 1 fully saturated rings. The molecule has 0 aromatic carbocycles. The fraction of sp³-hybridized carbons (Fsp3) is 0.500. The van der Waals surface area contributed by atoms with Crippen LogP contribution in [-0.4, -0.2) is 43.1 Å². The minimum atomic E-state index is -1.05. The van der Waals surface area contributed by atoms with E-state index in [-0.39, 0.29) is 5.56 Å². The van der Waals surface area contributed by atoms with Crippen LogP contribution < -0.4 is 5.32 Å². The highest BCUT2D eigenvalue weighted by Gasteiger charge is 2.34. The van der Waals surface area contributed by atoms with Crippen molar-refractivity contribution in [3.63, 3.8) is 0 Å². The van der Waals surface area contributed by atoms with Gasteiger partial charge in [0, 0.05) is 19.8 Å². The average Bonchev–Trinajstić information content (AvgIpc) is 2.69. The summed E-state index contributed by atoms with van der Waals surface area (Å²) in [5.41, 5.74) is 1.19. The number of carbonyl (C=O) groups is 1. The summed E-state index contributed by atoms with van der Waals surface area (Å²) >= 11 is 0. The lowest BCUT2D eigenvalue weighted by Gasteiger charge is -2.37. The molecule has 0 spiro atoms. The van der Waals surface area contributed by atoms with Crippen LogP contribution in [0.4, 0.5) is 5.69 Å². The minimum absolute atomic E-state index is 0.0986. The topological polar surface area (TPSA) is 100 Å². The lowest BCUT2D eigenvalue weighted by molar-refractivity contribution is -0.0202. The Morgan fingerprint density at radius 1 is 1.52 bits per heavy atom. The number of nitrogens with zero attached hydrogens (tertiary/aromatic N) is 3. The number of aromatic nitrogens is 3. The van der Waals surface area contributed by atoms with Crippen LogP contribution in [0, 0.1) is 6.92 Å². The first-order valence-corrected chi connectivity index (χ1v) is 6.93. The molecule has 7 nitrogen and oxygen atoms in total. The van der Waals surface area contributed by atoms with Gasteiger partial charge in [-0.2, -0.15) is 5.10 Å². The quantitative estimate of drug-likeness (QED) is 0.785. The molecule has 0 aliphatic heterocycles. The van der Waals surface area contributed by atoms with Gasteiger partial charge in [-0.1, -0.05) is 0 Å². The molecule has 3 rings (SSSR count). The van der Waals surface area contributed by atoms with Gasteiger partial charge in [0.15, 0.2) is 5.65 Å². The summed E-state index contributed by atoms with van der Waals surface area (Å²) < 4.78 is 1.62. The number of rotatable bonds is 4. The third kappa shape index (κ3) is 2.23. The SMILES string of the molecule is Cc1nn(C)c2ncc(C(=O)O)c(NCC3(O)CCC3)c12. The van der Waals surface area contributed by atoms with Crippen molar-refractivity contribution in [1.29, 1.82) is 0 Å². The van der Waals surface area contributed by atoms with Gasteiger partial charge in [-0.3, -0.25) is 4.68 Å². The van der Waals surface area contributed by atoms with Gasteiger partial charge in [0.25, 0.3) is 0 Å². The Balaban J connectivity index is 2.07. The summed E-state index contributed by atoms with van der Waals surface area (Å²) in [7, 11) is 1.77. The first kappa shape index (κ1) is 13.8. The highest BCUT2D eigenvalue weighted by atomic mass is 16.4. The number of aryl methyl sites for hydroxylation is 2. The number of carboxylic acids is 1. The van der Waals surface area contributed by atoms with Gasteiger partial charge in [-0.05, 0) is 26.2 Å². The molecule has 3 N–H and O–H groups in total. The molecule has 2 aromatic heterocycles. The molecule has 1 saturated carbocycles. The third-order valence-electron chi connectivity index (χ3n) is 4.14. The van der Waals surface area contributed by atoms with Crippen LogP contribution >= 0.6 is 0 Å². The van der Waals surface area contributed by atoms with Gasteiger partial charge in [-0.15, -0.1) is 0 Å². The van der Waals surface area contributed by atoms with Crippen LogP contribution in [0.3, 0.4) is 0 Å². The predicted molar refractivity (Wildman–Crippen MR) is 77.5 cm³/mol. The summed E-state index contributed by atoms with van der Waals surface area (Å²) in [5.74, 6) is -1.05. The molecule has 21 heavy (non-hydrogen) atoms. The van der Waals surface area contributed by atoms with Gasteiger partial charge in [0.1, 0.15) is 5.56 Å². The molecule has 0 amide bonds. The lowest BCUT2D eigenvalue weighted by Crippen LogP contribution is -2.43. The highest BCUT2D eigenvalue weighted by molar-refractivity contribution is 6.04. The molecule has 0 saturated heterocycles. The molecule has 2 aromatic rings. The van der Waals surface area contributed by atoms with Crippen LogP contribution in [-0.2, 0) is 7.05 Å². The fourth-order valence-corrected chi connectivity index (χ4v) is 2.77. The second-order valence-electron chi connectivity index (χ2n) is 5.69. The number of carboxylic acid groups (broad SMARTS) is 1. The minimum Gasteiger partial charge on any atom is -0.478 e. The molecule has 0 radical (unpaired) electrons. The van der Waals surface area contributed by atoms with Crippen molar-refractivity contribution < 1.29 is 15.0 Å². The van der Waals surface area contributed by atoms with Gasteiger partial charge in [0.05, 0.1) is 22.4 Å². The Morgan fingerprint density at radius 2 is 2.24 bits per heavy atom. The molecule has 1 aliphatic carbocycles. The Kier molecular flexibility index (Phi) is 3.09. The van der Waals surface area contributed by atoms with E-state index >= 15 is 0 Å². The first-order chi connectivity index (χ1) is 9.91. The molecular formula is C14H18N4O3. The van der Waals surface area contributed by atoms with E-state index in [1.807, 2.05) is 6.92 Å². The van der Waals surface area contributed by atoms with Crippen molar-refractivity contribution in [2.75, 3.05) is 11.9 Å². The van der Waals surface area contributed by atoms with E-state index in [2.05, 4.69) is 15.4 Å². The number of anilines is 1. The summed E-state index contributed by atoms with van der Waals surface area (Å²) in [6.07, 6.45) is 3.81. The van der Waals surface area contributed by atoms with E-state index in [1.165, 1.54) is 6.20 Å². The number of aliphatic hydroxyl groups is 1. The Bertz CT molecular complexity index is 719. The summed E-state index contributed by atoms with van der Waals surface area (Å²) in [4.78, 5) is 15.6. The van der Waals surface area contributed by atoms with Crippen molar-refractivity contribution in [1.82, 2.24) is 14.8 Å². The number of fused-ring (bicyclic) bond motifs is 1. The number of hydrogen-bond acceptors (Lipinski definition) is 5. The van der Waals surface area contributed by atoms with Crippen LogP contribution in [0.15, 0.2) is 6.20 Å². The van der Waals surface area contributed by atoms with Crippen LogP contribution in [0.5, 0.6) is 0 Å². The van der Waals surface area contributed by atoms with Crippen LogP contribution in [0.25, 0.3) is 11.0 Å². The molecule has 1 aliphatic rings. The molecule has 112 valence electrons. The van der Waals surface area contributed by atoms with Crippen molar-refractivity contribution >= 4 is 22.7 Å². The molecule has 0 unspecified atom stereocenters. The summed E-state index contributed by atoms with van der Waals surface area (Å²) in [6.45, 7) is 2.15. The van der Waals surface area contributed by atoms with Crippen molar-refractivity contribution in [3.8, 4) is 0 Å². The highest BCUT2D eigenvalue weighted by Crippen LogP contribution is 2.34. The maximum Gasteiger partial charge on any atom is 0.339 e. The van der Waals surface area contributed by atoms with Gasteiger partial charge in [-0.25, -0.2) is 9.78 Å². The van der Waals surface area contributed by atoms with Crippen LogP contribution in [0.2, 0.25) is 0 Å². The molecule has 0 bridgehead atoms. The number of pyridine rings is 1. The molecule has 7 heteroatoms. The zero-order valence-corrected chi connectivity index (χ0v) is 12.1. The van der Waals surface area contributed by atoms with E-state index in [0.717, 1.165) is 19.3 Å². The van der Waals surface area contributed by atoms with Crippen LogP contribution in [0.1, 0.15) is 35.3 Å². The summed E-state index contributed by atoms with van der Waals surface area (Å²) in [5, 5.41) is 27.6. The van der Waals surface area contributed by atoms with Crippen molar-refractivity contribution in [2.24, 2.45) is 7.05 Å². The van der Waals surface area contributed by atoms with Gasteiger partial charge >= 0.3 is 5.97 Å². The van der Waals surface area contributed by atoms with E-state index in [9.17, 15) is 15.0 Å². The first-order valence-electron chi connectivity index (χ1n) is 6.93. The summed E-state index contributed by atoms with van der Waals surface area (Å²) in [6, 6.07) is 0. The van der Waals surface area contributed by atoms with E-state index in [4.69, 9.17) is 0 Å². The standard InChI is InChI=1S/C14H18N4O3/c1-8-10-11(16-7-14(21)4-3-5-14)9(13(19)20)6-15-12(10)18(2)17-8/h6,21H,3-5,7H2,1-2H3,(H,15,16)(H,19,20). The largest absolute Gasteiger partial charge is 0.478 e. The number of nitrogens with one attached hydrogen (secondary N) is 1.